The van der Waals surface area contributed by atoms with E-state index in [1.165, 1.54) is 54.6 Å². The molecule has 3 rings (SSSR count). The number of nitriles is 1. The average molecular weight is 403 g/mol. The zero-order valence-electron chi connectivity index (χ0n) is 15.2. The van der Waals surface area contributed by atoms with Crippen LogP contribution in [0.15, 0.2) is 70.7 Å². The number of carboxylic acid groups (broad SMARTS) is 1. The standard InChI is InChI=1S/C21H13N3O6/c22-12-14(20(25)23-18-4-2-1-3-17(18)21(26)27)11-16-9-10-19(30-16)13-5-7-15(8-6-13)24(28)29/h1-11H,(H,23,25)(H,26,27). The van der Waals surface area contributed by atoms with Crippen LogP contribution < -0.4 is 5.32 Å². The summed E-state index contributed by atoms with van der Waals surface area (Å²) < 4.78 is 5.59. The minimum Gasteiger partial charge on any atom is -0.478 e. The van der Waals surface area contributed by atoms with E-state index in [1.807, 2.05) is 0 Å². The number of hydrogen-bond donors (Lipinski definition) is 2. The molecule has 2 N–H and O–H groups in total. The predicted molar refractivity (Wildman–Crippen MR) is 106 cm³/mol. The second kappa shape index (κ2) is 8.53. The molecule has 0 spiro atoms. The third kappa shape index (κ3) is 4.40. The number of non-ortho nitro benzene ring substituents is 1. The lowest BCUT2D eigenvalue weighted by molar-refractivity contribution is -0.384. The molecule has 0 unspecified atom stereocenters. The number of hydrogen-bond acceptors (Lipinski definition) is 6. The summed E-state index contributed by atoms with van der Waals surface area (Å²) in [7, 11) is 0. The third-order valence-corrected chi connectivity index (χ3v) is 4.05. The number of nitrogens with zero attached hydrogens (tertiary/aromatic N) is 2. The number of para-hydroxylation sites is 1. The summed E-state index contributed by atoms with van der Waals surface area (Å²) in [4.78, 5) is 33.9. The highest BCUT2D eigenvalue weighted by Gasteiger charge is 2.16. The molecule has 1 aromatic heterocycles. The summed E-state index contributed by atoms with van der Waals surface area (Å²) in [6.07, 6.45) is 1.22. The number of nitrogens with one attached hydrogen (secondary N) is 1. The minimum atomic E-state index is -1.22. The Bertz CT molecular complexity index is 1200. The Morgan fingerprint density at radius 3 is 2.43 bits per heavy atom. The molecule has 1 amide bonds. The van der Waals surface area contributed by atoms with Gasteiger partial charge in [-0.15, -0.1) is 0 Å². The molecule has 0 fully saturated rings. The van der Waals surface area contributed by atoms with Crippen molar-refractivity contribution in [1.29, 1.82) is 5.26 Å². The summed E-state index contributed by atoms with van der Waals surface area (Å²) in [5, 5.41) is 31.6. The van der Waals surface area contributed by atoms with Gasteiger partial charge in [-0.1, -0.05) is 12.1 Å². The maximum Gasteiger partial charge on any atom is 0.337 e. The highest BCUT2D eigenvalue weighted by atomic mass is 16.6. The second-order valence-corrected chi connectivity index (χ2v) is 5.98. The first-order chi connectivity index (χ1) is 14.4. The monoisotopic (exact) mass is 403 g/mol. The molecule has 2 aromatic carbocycles. The zero-order valence-corrected chi connectivity index (χ0v) is 15.2. The zero-order chi connectivity index (χ0) is 21.7. The van der Waals surface area contributed by atoms with Crippen molar-refractivity contribution in [3.8, 4) is 17.4 Å². The normalized spacial score (nSPS) is 10.8. The van der Waals surface area contributed by atoms with Crippen molar-refractivity contribution in [1.82, 2.24) is 0 Å². The summed E-state index contributed by atoms with van der Waals surface area (Å²) in [6.45, 7) is 0. The van der Waals surface area contributed by atoms with Crippen molar-refractivity contribution in [2.75, 3.05) is 5.32 Å². The van der Waals surface area contributed by atoms with Crippen molar-refractivity contribution in [3.05, 3.63) is 87.7 Å². The fourth-order valence-electron chi connectivity index (χ4n) is 2.59. The lowest BCUT2D eigenvalue weighted by Gasteiger charge is -2.07. The van der Waals surface area contributed by atoms with Crippen molar-refractivity contribution >= 4 is 29.3 Å². The number of carboxylic acids is 1. The molecule has 0 saturated carbocycles. The molecule has 0 saturated heterocycles. The first-order valence-corrected chi connectivity index (χ1v) is 8.49. The highest BCUT2D eigenvalue weighted by Crippen LogP contribution is 2.25. The molecule has 3 aromatic rings. The topological polar surface area (TPSA) is 146 Å². The van der Waals surface area contributed by atoms with E-state index < -0.39 is 16.8 Å². The third-order valence-electron chi connectivity index (χ3n) is 4.05. The van der Waals surface area contributed by atoms with E-state index in [4.69, 9.17) is 4.42 Å². The van der Waals surface area contributed by atoms with Crippen LogP contribution in [0.2, 0.25) is 0 Å². The Labute approximate surface area is 169 Å². The number of rotatable bonds is 6. The number of benzene rings is 2. The molecule has 0 radical (unpaired) electrons. The van der Waals surface area contributed by atoms with Crippen molar-refractivity contribution in [3.63, 3.8) is 0 Å². The number of nitro benzene ring substituents is 1. The molecule has 9 heteroatoms. The van der Waals surface area contributed by atoms with Crippen LogP contribution in [0, 0.1) is 21.4 Å². The van der Waals surface area contributed by atoms with Crippen LogP contribution in [0.5, 0.6) is 0 Å². The van der Waals surface area contributed by atoms with Gasteiger partial charge < -0.3 is 14.8 Å². The fraction of sp³-hybridized carbons (Fsp3) is 0. The van der Waals surface area contributed by atoms with Gasteiger partial charge in [-0.2, -0.15) is 5.26 Å². The maximum atomic E-state index is 12.4. The number of amides is 1. The molecule has 148 valence electrons. The molecule has 9 nitrogen and oxygen atoms in total. The SMILES string of the molecule is N#CC(=Cc1ccc(-c2ccc([N+](=O)[O-])cc2)o1)C(=O)Nc1ccccc1C(=O)O. The summed E-state index contributed by atoms with van der Waals surface area (Å²) >= 11 is 0. The van der Waals surface area contributed by atoms with E-state index in [1.54, 1.807) is 18.2 Å². The van der Waals surface area contributed by atoms with E-state index >= 15 is 0 Å². The highest BCUT2D eigenvalue weighted by molar-refractivity contribution is 6.11. The van der Waals surface area contributed by atoms with Crippen molar-refractivity contribution in [2.24, 2.45) is 0 Å². The first kappa shape index (κ1) is 20.0. The van der Waals surface area contributed by atoms with Gasteiger partial charge in [-0.25, -0.2) is 4.79 Å². The van der Waals surface area contributed by atoms with Crippen LogP contribution in [-0.2, 0) is 4.79 Å². The van der Waals surface area contributed by atoms with Gasteiger partial charge in [0.25, 0.3) is 11.6 Å². The van der Waals surface area contributed by atoms with Crippen LogP contribution in [-0.4, -0.2) is 21.9 Å². The fourth-order valence-corrected chi connectivity index (χ4v) is 2.59. The number of nitro groups is 1. The Morgan fingerprint density at radius 1 is 1.10 bits per heavy atom. The van der Waals surface area contributed by atoms with E-state index in [2.05, 4.69) is 5.32 Å². The lowest BCUT2D eigenvalue weighted by atomic mass is 10.1. The number of carbonyl (C=O) groups is 2. The van der Waals surface area contributed by atoms with E-state index in [0.717, 1.165) is 0 Å². The van der Waals surface area contributed by atoms with Gasteiger partial charge in [0.15, 0.2) is 0 Å². The molecular formula is C21H13N3O6. The lowest BCUT2D eigenvalue weighted by Crippen LogP contribution is -2.16. The largest absolute Gasteiger partial charge is 0.478 e. The molecule has 30 heavy (non-hydrogen) atoms. The summed E-state index contributed by atoms with van der Waals surface area (Å²) in [6, 6.07) is 16.4. The molecular weight excluding hydrogens is 390 g/mol. The number of aromatic carboxylic acids is 1. The van der Waals surface area contributed by atoms with Crippen molar-refractivity contribution < 1.29 is 24.0 Å². The van der Waals surface area contributed by atoms with Crippen LogP contribution in [0.25, 0.3) is 17.4 Å². The molecule has 0 aliphatic carbocycles. The summed E-state index contributed by atoms with van der Waals surface area (Å²) in [5.41, 5.74) is 0.178. The Balaban J connectivity index is 1.82. The average Bonchev–Trinajstić information content (AvgIpc) is 3.21. The Hall–Kier alpha value is -4.71. The molecule has 1 heterocycles. The minimum absolute atomic E-state index is 0.0576. The summed E-state index contributed by atoms with van der Waals surface area (Å²) in [5.74, 6) is -1.40. The molecule has 0 atom stereocenters. The van der Waals surface area contributed by atoms with Gasteiger partial charge in [0.05, 0.1) is 16.2 Å². The molecule has 0 aliphatic rings. The van der Waals surface area contributed by atoms with Crippen LogP contribution in [0.4, 0.5) is 11.4 Å². The second-order valence-electron chi connectivity index (χ2n) is 5.98. The van der Waals surface area contributed by atoms with Gasteiger partial charge in [0.2, 0.25) is 0 Å². The van der Waals surface area contributed by atoms with Gasteiger partial charge in [0.1, 0.15) is 23.2 Å². The number of carbonyl (C=O) groups excluding carboxylic acids is 1. The predicted octanol–water partition coefficient (Wildman–Crippen LogP) is 4.10. The quantitative estimate of drug-likeness (QED) is 0.272. The van der Waals surface area contributed by atoms with Crippen LogP contribution in [0.3, 0.4) is 0 Å². The Kier molecular flexibility index (Phi) is 5.70. The first-order valence-electron chi connectivity index (χ1n) is 8.49. The number of anilines is 1. The van der Waals surface area contributed by atoms with Gasteiger partial charge in [-0.05, 0) is 36.4 Å². The van der Waals surface area contributed by atoms with Crippen LogP contribution >= 0.6 is 0 Å². The van der Waals surface area contributed by atoms with Crippen LogP contribution in [0.1, 0.15) is 16.1 Å². The van der Waals surface area contributed by atoms with E-state index in [9.17, 15) is 30.1 Å². The van der Waals surface area contributed by atoms with Gasteiger partial charge in [-0.3, -0.25) is 14.9 Å². The number of furan rings is 1. The van der Waals surface area contributed by atoms with E-state index in [-0.39, 0.29) is 28.3 Å². The van der Waals surface area contributed by atoms with Crippen molar-refractivity contribution in [2.45, 2.75) is 0 Å². The van der Waals surface area contributed by atoms with E-state index in [0.29, 0.717) is 11.3 Å². The Morgan fingerprint density at radius 2 is 1.80 bits per heavy atom. The maximum absolute atomic E-state index is 12.4. The van der Waals surface area contributed by atoms with Gasteiger partial charge >= 0.3 is 5.97 Å². The smallest absolute Gasteiger partial charge is 0.337 e. The molecule has 0 bridgehead atoms. The van der Waals surface area contributed by atoms with Gasteiger partial charge in [0, 0.05) is 23.8 Å². The molecule has 0 aliphatic heterocycles.